The molecule has 0 fully saturated rings. The largest absolute Gasteiger partial charge is 0.445 e. The predicted molar refractivity (Wildman–Crippen MR) is 143 cm³/mol. The van der Waals surface area contributed by atoms with Gasteiger partial charge in [-0.1, -0.05) is 94.1 Å². The number of allylic oxidation sites excluding steroid dienone is 9. The number of ether oxygens (including phenoxy) is 1. The van der Waals surface area contributed by atoms with Crippen LogP contribution in [0.1, 0.15) is 53.0 Å². The molecule has 0 bridgehead atoms. The fourth-order valence-corrected chi connectivity index (χ4v) is 2.41. The molecule has 2 N–H and O–H groups in total. The Morgan fingerprint density at radius 3 is 2.26 bits per heavy atom. The number of hydrogen-bond acceptors (Lipinski definition) is 4. The summed E-state index contributed by atoms with van der Waals surface area (Å²) < 4.78 is 5.07. The van der Waals surface area contributed by atoms with Crippen molar-refractivity contribution in [1.29, 1.82) is 0 Å². The third-order valence-corrected chi connectivity index (χ3v) is 4.01. The molecule has 1 aliphatic carbocycles. The van der Waals surface area contributed by atoms with E-state index in [9.17, 15) is 14.4 Å². The molecular weight excluding hydrogens is 440 g/mol. The van der Waals surface area contributed by atoms with Crippen molar-refractivity contribution in [1.82, 2.24) is 10.6 Å². The van der Waals surface area contributed by atoms with Crippen LogP contribution in [0.5, 0.6) is 0 Å². The second-order valence-corrected chi connectivity index (χ2v) is 8.31. The number of carbonyl (C=O) groups excluding carboxylic acids is 3. The van der Waals surface area contributed by atoms with Crippen LogP contribution >= 0.6 is 0 Å². The quantitative estimate of drug-likeness (QED) is 0.264. The summed E-state index contributed by atoms with van der Waals surface area (Å²) in [5.41, 5.74) is 1.85. The van der Waals surface area contributed by atoms with E-state index < -0.39 is 18.0 Å². The average Bonchev–Trinajstić information content (AvgIpc) is 2.84. The summed E-state index contributed by atoms with van der Waals surface area (Å²) >= 11 is 0. The van der Waals surface area contributed by atoms with Gasteiger partial charge in [-0.25, -0.2) is 4.79 Å². The maximum atomic E-state index is 12.1. The molecule has 0 saturated heterocycles. The molecule has 6 heteroatoms. The Kier molecular flexibility index (Phi) is 17.7. The molecule has 0 radical (unpaired) electrons. The van der Waals surface area contributed by atoms with E-state index in [1.807, 2.05) is 67.6 Å². The summed E-state index contributed by atoms with van der Waals surface area (Å²) in [5.74, 6) is 0.334. The lowest BCUT2D eigenvalue weighted by Crippen LogP contribution is -2.44. The monoisotopic (exact) mass is 480 g/mol. The minimum Gasteiger partial charge on any atom is -0.445 e. The van der Waals surface area contributed by atoms with Crippen LogP contribution in [0.2, 0.25) is 0 Å². The van der Waals surface area contributed by atoms with Crippen molar-refractivity contribution in [2.75, 3.05) is 0 Å². The minimum atomic E-state index is -0.850. The van der Waals surface area contributed by atoms with Crippen LogP contribution in [0, 0.1) is 5.92 Å². The first kappa shape index (κ1) is 31.3. The zero-order chi connectivity index (χ0) is 26.5. The van der Waals surface area contributed by atoms with Crippen molar-refractivity contribution in [3.63, 3.8) is 0 Å². The van der Waals surface area contributed by atoms with Crippen LogP contribution in [-0.2, 0) is 20.9 Å². The molecule has 1 aliphatic rings. The summed E-state index contributed by atoms with van der Waals surface area (Å²) in [5, 5.41) is 4.94. The number of rotatable bonds is 8. The molecule has 6 nitrogen and oxygen atoms in total. The van der Waals surface area contributed by atoms with E-state index in [1.165, 1.54) is 6.92 Å². The number of hydrogen-bond donors (Lipinski definition) is 2. The number of alkyl carbamates (subject to hydrolysis) is 1. The third-order valence-electron chi connectivity index (χ3n) is 4.01. The summed E-state index contributed by atoms with van der Waals surface area (Å²) in [7, 11) is 0. The lowest BCUT2D eigenvalue weighted by Gasteiger charge is -2.14. The van der Waals surface area contributed by atoms with Crippen LogP contribution in [0.15, 0.2) is 90.7 Å². The number of amides is 2. The standard InChI is InChI=1S/C20H22N2O4.C5H8.C4H10/c1-15(21-20(25)26-14-17-10-6-3-7-11-17)19(24)22-18(13-23)12-16-8-4-2-5-9-16;1-3-5-4-2;1-4(2)3/h3-4,6-13,15H,2,5,14H2,1H3,(H,21,25)(H,22,24);3-5H,1H2,2H3;4H,1-3H3/b18-12+;5-4-;/t15-;;/m0../s1. The third kappa shape index (κ3) is 17.5. The van der Waals surface area contributed by atoms with Gasteiger partial charge in [0.15, 0.2) is 6.29 Å². The second kappa shape index (κ2) is 19.8. The van der Waals surface area contributed by atoms with E-state index >= 15 is 0 Å². The van der Waals surface area contributed by atoms with E-state index in [-0.39, 0.29) is 12.3 Å². The first-order valence-electron chi connectivity index (χ1n) is 11.8. The molecule has 0 saturated carbocycles. The molecule has 0 aliphatic heterocycles. The van der Waals surface area contributed by atoms with Gasteiger partial charge in [-0.2, -0.15) is 0 Å². The molecule has 35 heavy (non-hydrogen) atoms. The smallest absolute Gasteiger partial charge is 0.408 e. The molecule has 190 valence electrons. The molecule has 1 aromatic rings. The predicted octanol–water partition coefficient (Wildman–Crippen LogP) is 6.19. The Hall–Kier alpha value is -3.67. The fourth-order valence-electron chi connectivity index (χ4n) is 2.41. The lowest BCUT2D eigenvalue weighted by atomic mass is 10.1. The van der Waals surface area contributed by atoms with Crippen molar-refractivity contribution in [2.24, 2.45) is 5.92 Å². The van der Waals surface area contributed by atoms with Gasteiger partial charge in [0.05, 0.1) is 5.70 Å². The molecule has 1 atom stereocenters. The zero-order valence-electron chi connectivity index (χ0n) is 21.6. The number of aldehydes is 1. The second-order valence-electron chi connectivity index (χ2n) is 8.31. The molecular formula is C29H40N2O4. The van der Waals surface area contributed by atoms with Crippen LogP contribution in [0.4, 0.5) is 4.79 Å². The number of benzene rings is 1. The summed E-state index contributed by atoms with van der Waals surface area (Å²) in [6.07, 6.45) is 14.8. The average molecular weight is 481 g/mol. The molecule has 0 aromatic heterocycles. The summed E-state index contributed by atoms with van der Waals surface area (Å²) in [4.78, 5) is 35.1. The van der Waals surface area contributed by atoms with Gasteiger partial charge >= 0.3 is 6.09 Å². The Bertz CT molecular complexity index is 894. The van der Waals surface area contributed by atoms with E-state index in [0.29, 0.717) is 6.29 Å². The normalized spacial score (nSPS) is 13.3. The van der Waals surface area contributed by atoms with Crippen molar-refractivity contribution >= 4 is 18.3 Å². The topological polar surface area (TPSA) is 84.5 Å². The van der Waals surface area contributed by atoms with E-state index in [2.05, 4.69) is 38.0 Å². The van der Waals surface area contributed by atoms with Crippen LogP contribution in [-0.4, -0.2) is 24.3 Å². The van der Waals surface area contributed by atoms with Crippen LogP contribution in [0.25, 0.3) is 0 Å². The van der Waals surface area contributed by atoms with Crippen molar-refractivity contribution in [3.8, 4) is 0 Å². The highest BCUT2D eigenvalue weighted by Crippen LogP contribution is 2.11. The number of nitrogens with one attached hydrogen (secondary N) is 2. The van der Waals surface area contributed by atoms with Crippen molar-refractivity contribution in [3.05, 3.63) is 96.3 Å². The van der Waals surface area contributed by atoms with Gasteiger partial charge in [0, 0.05) is 0 Å². The molecule has 0 unspecified atom stereocenters. The summed E-state index contributed by atoms with van der Waals surface area (Å²) in [6, 6.07) is 8.37. The molecule has 1 aromatic carbocycles. The lowest BCUT2D eigenvalue weighted by molar-refractivity contribution is -0.122. The molecule has 0 spiro atoms. The zero-order valence-corrected chi connectivity index (χ0v) is 21.6. The molecule has 0 heterocycles. The van der Waals surface area contributed by atoms with E-state index in [4.69, 9.17) is 4.74 Å². The van der Waals surface area contributed by atoms with Gasteiger partial charge in [-0.05, 0) is 49.8 Å². The Balaban J connectivity index is 0.00000110. The maximum absolute atomic E-state index is 12.1. The maximum Gasteiger partial charge on any atom is 0.408 e. The van der Waals surface area contributed by atoms with Gasteiger partial charge in [-0.3, -0.25) is 9.59 Å². The molecule has 2 amide bonds. The Morgan fingerprint density at radius 2 is 1.77 bits per heavy atom. The van der Waals surface area contributed by atoms with Crippen molar-refractivity contribution < 1.29 is 19.1 Å². The van der Waals surface area contributed by atoms with Crippen LogP contribution < -0.4 is 10.6 Å². The van der Waals surface area contributed by atoms with E-state index in [1.54, 1.807) is 12.2 Å². The first-order valence-corrected chi connectivity index (χ1v) is 11.8. The first-order chi connectivity index (χ1) is 16.7. The Labute approximate surface area is 210 Å². The van der Waals surface area contributed by atoms with Gasteiger partial charge in [-0.15, -0.1) is 0 Å². The van der Waals surface area contributed by atoms with Crippen molar-refractivity contribution in [2.45, 2.75) is 60.1 Å². The van der Waals surface area contributed by atoms with Gasteiger partial charge in [0.2, 0.25) is 5.91 Å². The summed E-state index contributed by atoms with van der Waals surface area (Å²) in [6.45, 7) is 13.6. The minimum absolute atomic E-state index is 0.112. The van der Waals surface area contributed by atoms with Gasteiger partial charge in [0.25, 0.3) is 0 Å². The Morgan fingerprint density at radius 1 is 1.11 bits per heavy atom. The van der Waals surface area contributed by atoms with Crippen LogP contribution in [0.3, 0.4) is 0 Å². The molecule has 2 rings (SSSR count). The highest BCUT2D eigenvalue weighted by molar-refractivity contribution is 5.91. The fraction of sp³-hybridized carbons (Fsp3) is 0.345. The highest BCUT2D eigenvalue weighted by atomic mass is 16.5. The van der Waals surface area contributed by atoms with E-state index in [0.717, 1.165) is 29.9 Å². The van der Waals surface area contributed by atoms with Gasteiger partial charge in [0.1, 0.15) is 12.6 Å². The SMILES string of the molecule is C=C/C=C\C.CC(C)C.C[C@H](NC(=O)OCc1ccccc1)C(=O)N/C(C=O)=C/C1=CCCC=C1. The number of carbonyl (C=O) groups is 3. The van der Waals surface area contributed by atoms with Gasteiger partial charge < -0.3 is 15.4 Å². The highest BCUT2D eigenvalue weighted by Gasteiger charge is 2.17.